The number of hydrogen-bond donors (Lipinski definition) is 0. The fraction of sp³-hybridized carbons (Fsp3) is 0.167. The van der Waals surface area contributed by atoms with Gasteiger partial charge >= 0.3 is 0 Å². The molecule has 2 nitrogen and oxygen atoms in total. The lowest BCUT2D eigenvalue weighted by Gasteiger charge is -2.30. The summed E-state index contributed by atoms with van der Waals surface area (Å²) in [5, 5.41) is 0. The predicted octanol–water partition coefficient (Wildman–Crippen LogP) is 16.6. The molecule has 0 amide bonds. The summed E-state index contributed by atoms with van der Waals surface area (Å²) in [7, 11) is 0. The third-order valence-corrected chi connectivity index (χ3v) is 13.8. The van der Waals surface area contributed by atoms with Gasteiger partial charge in [0.1, 0.15) is 0 Å². The molecule has 0 aromatic heterocycles. The Labute approximate surface area is 368 Å². The van der Waals surface area contributed by atoms with E-state index >= 15 is 0 Å². The van der Waals surface area contributed by atoms with E-state index in [-0.39, 0.29) is 10.8 Å². The maximum Gasteiger partial charge on any atom is 0.0490 e. The standard InChI is InChI=1S/C60H54N2/c1-39-17-9-13-21-55(39)61(56-22-14-10-18-40(56)2)45-29-33-49-47-31-27-43(35-51(47)59(5,6)53(49)37-45)25-26-44-28-32-48-50-34-30-46(38-54(50)60(7,8)52(48)36-44)62(57-23-15-11-19-41(57)3)58-24-16-12-20-42(58)4/h9-38H,1-8H3/b26-25+. The molecule has 304 valence electrons. The minimum absolute atomic E-state index is 0.163. The summed E-state index contributed by atoms with van der Waals surface area (Å²) in [6, 6.07) is 63.0. The normalized spacial score (nSPS) is 14.0. The zero-order valence-electron chi connectivity index (χ0n) is 37.2. The first-order valence-corrected chi connectivity index (χ1v) is 22.0. The molecular formula is C60H54N2. The van der Waals surface area contributed by atoms with Crippen molar-refractivity contribution in [2.24, 2.45) is 0 Å². The number of hydrogen-bond acceptors (Lipinski definition) is 2. The van der Waals surface area contributed by atoms with E-state index in [9.17, 15) is 0 Å². The van der Waals surface area contributed by atoms with Gasteiger partial charge < -0.3 is 9.80 Å². The van der Waals surface area contributed by atoms with E-state index in [4.69, 9.17) is 0 Å². The number of nitrogens with zero attached hydrogens (tertiary/aromatic N) is 2. The van der Waals surface area contributed by atoms with Gasteiger partial charge in [-0.1, -0.05) is 161 Å². The SMILES string of the molecule is Cc1ccccc1N(c1ccc2c(c1)C(C)(C)c1cc(/C=C/c3ccc4c(c3)C(C)(C)c3cc(N(c5ccccc5C)c5ccccc5C)ccc3-4)ccc1-2)c1ccccc1C. The lowest BCUT2D eigenvalue weighted by molar-refractivity contribution is 0.660. The highest BCUT2D eigenvalue weighted by atomic mass is 15.2. The molecule has 8 aromatic rings. The van der Waals surface area contributed by atoms with Crippen LogP contribution in [0.25, 0.3) is 34.4 Å². The van der Waals surface area contributed by atoms with Crippen LogP contribution in [-0.2, 0) is 10.8 Å². The van der Waals surface area contributed by atoms with Crippen molar-refractivity contribution < 1.29 is 0 Å². The van der Waals surface area contributed by atoms with Gasteiger partial charge in [0, 0.05) is 45.0 Å². The van der Waals surface area contributed by atoms with Crippen molar-refractivity contribution in [2.75, 3.05) is 9.80 Å². The molecule has 8 aromatic carbocycles. The number of aryl methyl sites for hydroxylation is 4. The minimum Gasteiger partial charge on any atom is -0.310 e. The van der Waals surface area contributed by atoms with Gasteiger partial charge in [-0.15, -0.1) is 0 Å². The van der Waals surface area contributed by atoms with E-state index in [2.05, 4.69) is 247 Å². The van der Waals surface area contributed by atoms with Gasteiger partial charge in [0.2, 0.25) is 0 Å². The molecule has 62 heavy (non-hydrogen) atoms. The van der Waals surface area contributed by atoms with Gasteiger partial charge in [0.05, 0.1) is 0 Å². The van der Waals surface area contributed by atoms with Crippen molar-refractivity contribution in [3.05, 3.63) is 225 Å². The van der Waals surface area contributed by atoms with Gasteiger partial charge in [0.25, 0.3) is 0 Å². The number of anilines is 6. The Bertz CT molecular complexity index is 2790. The van der Waals surface area contributed by atoms with E-state index in [1.807, 2.05) is 0 Å². The maximum atomic E-state index is 2.43. The average Bonchev–Trinajstić information content (AvgIpc) is 3.63. The Hall–Kier alpha value is -6.90. The minimum atomic E-state index is -0.163. The molecule has 0 heterocycles. The number of benzene rings is 8. The van der Waals surface area contributed by atoms with E-state index in [1.165, 1.54) is 112 Å². The van der Waals surface area contributed by atoms with Crippen molar-refractivity contribution in [1.29, 1.82) is 0 Å². The summed E-state index contributed by atoms with van der Waals surface area (Å²) in [5.41, 5.74) is 25.0. The van der Waals surface area contributed by atoms with Crippen LogP contribution in [0.1, 0.15) is 83.3 Å². The van der Waals surface area contributed by atoms with Crippen LogP contribution in [0.5, 0.6) is 0 Å². The fourth-order valence-corrected chi connectivity index (χ4v) is 10.2. The van der Waals surface area contributed by atoms with Crippen LogP contribution >= 0.6 is 0 Å². The highest BCUT2D eigenvalue weighted by molar-refractivity contribution is 5.90. The van der Waals surface area contributed by atoms with Crippen molar-refractivity contribution in [1.82, 2.24) is 0 Å². The second-order valence-corrected chi connectivity index (χ2v) is 18.5. The lowest BCUT2D eigenvalue weighted by atomic mass is 9.81. The first-order chi connectivity index (χ1) is 29.9. The topological polar surface area (TPSA) is 6.48 Å². The quantitative estimate of drug-likeness (QED) is 0.141. The lowest BCUT2D eigenvalue weighted by Crippen LogP contribution is -2.17. The van der Waals surface area contributed by atoms with Gasteiger partial charge in [-0.2, -0.15) is 0 Å². The molecule has 0 saturated carbocycles. The molecule has 0 atom stereocenters. The van der Waals surface area contributed by atoms with Crippen LogP contribution in [0.3, 0.4) is 0 Å². The van der Waals surface area contributed by atoms with Gasteiger partial charge in [0.15, 0.2) is 0 Å². The molecule has 2 aliphatic carbocycles. The van der Waals surface area contributed by atoms with Gasteiger partial charge in [-0.05, 0) is 154 Å². The third-order valence-electron chi connectivity index (χ3n) is 13.8. The largest absolute Gasteiger partial charge is 0.310 e. The Kier molecular flexibility index (Phi) is 9.45. The number of para-hydroxylation sites is 4. The van der Waals surface area contributed by atoms with Crippen LogP contribution in [-0.4, -0.2) is 0 Å². The van der Waals surface area contributed by atoms with Crippen LogP contribution in [0.4, 0.5) is 34.1 Å². The molecule has 0 spiro atoms. The predicted molar refractivity (Wildman–Crippen MR) is 265 cm³/mol. The van der Waals surface area contributed by atoms with Crippen molar-refractivity contribution in [2.45, 2.75) is 66.2 Å². The first kappa shape index (κ1) is 39.2. The van der Waals surface area contributed by atoms with E-state index < -0.39 is 0 Å². The van der Waals surface area contributed by atoms with Crippen LogP contribution in [0.15, 0.2) is 170 Å². The summed E-state index contributed by atoms with van der Waals surface area (Å²) < 4.78 is 0. The maximum absolute atomic E-state index is 2.43. The molecule has 0 radical (unpaired) electrons. The average molecular weight is 803 g/mol. The van der Waals surface area contributed by atoms with Crippen LogP contribution in [0.2, 0.25) is 0 Å². The van der Waals surface area contributed by atoms with Crippen molar-refractivity contribution in [3.63, 3.8) is 0 Å². The highest BCUT2D eigenvalue weighted by Gasteiger charge is 2.38. The second kappa shape index (κ2) is 14.9. The fourth-order valence-electron chi connectivity index (χ4n) is 10.2. The third kappa shape index (κ3) is 6.40. The molecule has 2 heteroatoms. The van der Waals surface area contributed by atoms with E-state index in [1.54, 1.807) is 0 Å². The molecule has 10 rings (SSSR count). The summed E-state index contributed by atoms with van der Waals surface area (Å²) in [5.74, 6) is 0. The molecule has 0 N–H and O–H groups in total. The van der Waals surface area contributed by atoms with E-state index in [0.717, 1.165) is 0 Å². The Morgan fingerprint density at radius 1 is 0.323 bits per heavy atom. The molecular weight excluding hydrogens is 749 g/mol. The van der Waals surface area contributed by atoms with Crippen molar-refractivity contribution in [3.8, 4) is 22.3 Å². The van der Waals surface area contributed by atoms with Crippen molar-refractivity contribution >= 4 is 46.3 Å². The molecule has 0 aliphatic heterocycles. The molecule has 0 unspecified atom stereocenters. The van der Waals surface area contributed by atoms with Gasteiger partial charge in [-0.3, -0.25) is 0 Å². The number of rotatable bonds is 8. The smallest absolute Gasteiger partial charge is 0.0490 e. The number of fused-ring (bicyclic) bond motifs is 6. The summed E-state index contributed by atoms with van der Waals surface area (Å²) in [4.78, 5) is 4.86. The molecule has 0 fully saturated rings. The monoisotopic (exact) mass is 802 g/mol. The zero-order valence-corrected chi connectivity index (χ0v) is 37.2. The summed E-state index contributed by atoms with van der Waals surface area (Å²) >= 11 is 0. The zero-order chi connectivity index (χ0) is 42.9. The second-order valence-electron chi connectivity index (χ2n) is 18.5. The highest BCUT2D eigenvalue weighted by Crippen LogP contribution is 2.53. The summed E-state index contributed by atoms with van der Waals surface area (Å²) in [6.07, 6.45) is 4.58. The summed E-state index contributed by atoms with van der Waals surface area (Å²) in [6.45, 7) is 18.3. The Balaban J connectivity index is 0.955. The van der Waals surface area contributed by atoms with Crippen LogP contribution in [0, 0.1) is 27.7 Å². The van der Waals surface area contributed by atoms with Gasteiger partial charge in [-0.25, -0.2) is 0 Å². The molecule has 0 bridgehead atoms. The first-order valence-electron chi connectivity index (χ1n) is 22.0. The van der Waals surface area contributed by atoms with E-state index in [0.29, 0.717) is 0 Å². The molecule has 2 aliphatic rings. The Morgan fingerprint density at radius 2 is 0.597 bits per heavy atom. The Morgan fingerprint density at radius 3 is 0.903 bits per heavy atom. The van der Waals surface area contributed by atoms with Crippen LogP contribution < -0.4 is 9.80 Å². The molecule has 0 saturated heterocycles.